The van der Waals surface area contributed by atoms with Crippen LogP contribution in [0.4, 0.5) is 5.69 Å². The first-order valence-corrected chi connectivity index (χ1v) is 36.7. The number of nitrogens with one attached hydrogen (secondary N) is 7. The molecule has 8 aliphatic heterocycles. The number of hydrogen-bond donors (Lipinski definition) is 11. The van der Waals surface area contributed by atoms with E-state index in [0.29, 0.717) is 16.5 Å². The van der Waals surface area contributed by atoms with Gasteiger partial charge in [0.15, 0.2) is 0 Å². The summed E-state index contributed by atoms with van der Waals surface area (Å²) in [6.07, 6.45) is 4.13. The zero-order chi connectivity index (χ0) is 68.6. The Bertz CT molecular complexity index is 4460. The van der Waals surface area contributed by atoms with Gasteiger partial charge in [0.05, 0.1) is 44.8 Å². The number of anilines is 1. The highest BCUT2D eigenvalue weighted by Crippen LogP contribution is 2.49. The van der Waals surface area contributed by atoms with E-state index in [1.807, 2.05) is 0 Å². The Balaban J connectivity index is 0.000000188. The fraction of sp³-hybridized carbons (Fsp3) is 0.477. The summed E-state index contributed by atoms with van der Waals surface area (Å²) in [6.45, 7) is 7.96. The lowest BCUT2D eigenvalue weighted by Crippen LogP contribution is -2.61. The molecule has 11 N–H and O–H groups in total. The average Bonchev–Trinajstić information content (AvgIpc) is 0.842. The van der Waals surface area contributed by atoms with E-state index in [1.54, 1.807) is 24.3 Å². The topological polar surface area (TPSA) is 398 Å². The summed E-state index contributed by atoms with van der Waals surface area (Å²) in [7, 11) is -3.76. The van der Waals surface area contributed by atoms with Crippen molar-refractivity contribution in [3.8, 4) is 11.5 Å². The molecule has 27 nitrogen and oxygen atoms in total. The number of aromatic amines is 1. The zero-order valence-electron chi connectivity index (χ0n) is 53.0. The summed E-state index contributed by atoms with van der Waals surface area (Å²) >= 11 is 0.983. The molecule has 1 saturated heterocycles. The maximum absolute atomic E-state index is 14.4. The summed E-state index contributed by atoms with van der Waals surface area (Å²) in [6, 6.07) is 4.39. The summed E-state index contributed by atoms with van der Waals surface area (Å²) in [5.74, 6) is -5.04. The number of hydrogen-bond acceptors (Lipinski definition) is 19. The van der Waals surface area contributed by atoms with Crippen LogP contribution in [-0.2, 0) is 78.4 Å². The number of ether oxygens (including phenoxy) is 1. The van der Waals surface area contributed by atoms with Crippen molar-refractivity contribution in [1.29, 1.82) is 0 Å². The van der Waals surface area contributed by atoms with Crippen LogP contribution >= 0.6 is 22.4 Å². The molecule has 4 aromatic carbocycles. The number of aliphatic hydroxyl groups excluding tert-OH is 3. The molecule has 0 saturated carbocycles. The first-order chi connectivity index (χ1) is 45.5. The molecule has 0 unspecified atom stereocenters. The van der Waals surface area contributed by atoms with Crippen molar-refractivity contribution in [3.05, 3.63) is 104 Å². The van der Waals surface area contributed by atoms with Crippen LogP contribution in [0.5, 0.6) is 11.5 Å². The first kappa shape index (κ1) is 68.3. The van der Waals surface area contributed by atoms with E-state index in [0.717, 1.165) is 134 Å². The van der Waals surface area contributed by atoms with Crippen molar-refractivity contribution in [2.75, 3.05) is 50.0 Å². The van der Waals surface area contributed by atoms with Gasteiger partial charge in [-0.2, -0.15) is 0 Å². The van der Waals surface area contributed by atoms with E-state index < -0.39 is 143 Å². The summed E-state index contributed by atoms with van der Waals surface area (Å²) in [5.41, 5.74) is 6.19. The zero-order valence-corrected chi connectivity index (χ0v) is 56.2. The summed E-state index contributed by atoms with van der Waals surface area (Å²) in [4.78, 5) is 103. The van der Waals surface area contributed by atoms with E-state index >= 15 is 0 Å². The van der Waals surface area contributed by atoms with Crippen molar-refractivity contribution in [3.63, 3.8) is 0 Å². The third-order valence-electron chi connectivity index (χ3n) is 19.1. The number of fused-ring (bicyclic) bond motifs is 8. The van der Waals surface area contributed by atoms with E-state index in [1.165, 1.54) is 62.0 Å². The maximum atomic E-state index is 14.4. The minimum absolute atomic E-state index is 0.172. The number of para-hydroxylation sites is 1. The van der Waals surface area contributed by atoms with Gasteiger partial charge in [-0.1, -0.05) is 24.3 Å². The number of aliphatic hydroxyl groups is 4. The molecule has 9 heterocycles. The molecule has 0 spiro atoms. The maximum Gasteiger partial charge on any atom is 0.261 e. The Labute approximate surface area is 561 Å². The van der Waals surface area contributed by atoms with E-state index in [4.69, 9.17) is 15.4 Å². The lowest BCUT2D eigenvalue weighted by Gasteiger charge is -2.39. The lowest BCUT2D eigenvalue weighted by molar-refractivity contribution is -0.142. The fourth-order valence-corrected chi connectivity index (χ4v) is 17.1. The molecule has 8 aliphatic rings. The number of H-pyrrole nitrogens is 1. The van der Waals surface area contributed by atoms with Crippen LogP contribution in [-0.4, -0.2) is 192 Å². The van der Waals surface area contributed by atoms with Crippen LogP contribution in [0.1, 0.15) is 111 Å². The van der Waals surface area contributed by atoms with Crippen molar-refractivity contribution in [2.45, 2.75) is 167 Å². The predicted octanol–water partition coefficient (Wildman–Crippen LogP) is -0.662. The number of nitrogens with zero attached hydrogens (tertiary/aromatic N) is 3. The molecule has 96 heavy (non-hydrogen) atoms. The molecule has 0 radical (unpaired) electrons. The average molecular weight is 1400 g/mol. The van der Waals surface area contributed by atoms with Gasteiger partial charge in [0.25, 0.3) is 9.05 Å². The van der Waals surface area contributed by atoms with Crippen LogP contribution in [0.2, 0.25) is 0 Å². The Morgan fingerprint density at radius 1 is 0.781 bits per heavy atom. The van der Waals surface area contributed by atoms with Crippen molar-refractivity contribution in [2.24, 2.45) is 0 Å². The van der Waals surface area contributed by atoms with Crippen molar-refractivity contribution in [1.82, 2.24) is 46.4 Å². The Kier molecular flexibility index (Phi) is 18.9. The predicted molar refractivity (Wildman–Crippen MR) is 349 cm³/mol. The van der Waals surface area contributed by atoms with Gasteiger partial charge in [-0.3, -0.25) is 33.6 Å². The normalized spacial score (nSPS) is 25.7. The van der Waals surface area contributed by atoms with E-state index in [2.05, 4.69) is 58.5 Å². The molecule has 2 bridgehead atoms. The monoisotopic (exact) mass is 1400 g/mol. The van der Waals surface area contributed by atoms with Crippen LogP contribution < -0.4 is 56.7 Å². The summed E-state index contributed by atoms with van der Waals surface area (Å²) < 4.78 is 72.1. The van der Waals surface area contributed by atoms with E-state index in [9.17, 15) is 75.4 Å². The number of aryl methyl sites for hydroxylation is 2. The highest BCUT2D eigenvalue weighted by molar-refractivity contribution is 8.13. The fourth-order valence-electron chi connectivity index (χ4n) is 14.5. The highest BCUT2D eigenvalue weighted by Gasteiger charge is 2.45. The second-order valence-electron chi connectivity index (χ2n) is 26.1. The Hall–Kier alpha value is -7.68. The SMILES string of the molecule is C[C@@H]1NC(=O)[C@H](C[C@@](C)(O)CO)NC(=O)[C@H]2NC(=O)[C@H](C)NC(=O)[C@@H]3C[C@H](O)CN3C(=O)[C@@H](CSc3[nH]c4ccccc4c32)NC(=O)[C@H]([C@@H](C)O)NC1=O.O=S(=O)([O-])c1cc(S(=O)(=O)Cl)ccc1C1=c2cc3c4c(c2Oc2c1cc1c5c2CCCN5CCC1)CCC[N+]=4CCC3. The minimum Gasteiger partial charge on any atom is -0.744 e. The molecular weight excluding hydrogens is 1320 g/mol. The molecule has 10 atom stereocenters. The van der Waals surface area contributed by atoms with Gasteiger partial charge in [0.2, 0.25) is 46.7 Å². The highest BCUT2D eigenvalue weighted by atomic mass is 35.7. The molecule has 5 aromatic rings. The molecule has 31 heteroatoms. The molecule has 0 aliphatic carbocycles. The van der Waals surface area contributed by atoms with Gasteiger partial charge >= 0.3 is 0 Å². The summed E-state index contributed by atoms with van der Waals surface area (Å²) in [5, 5.41) is 59.6. The van der Waals surface area contributed by atoms with Gasteiger partial charge in [0, 0.05) is 117 Å². The van der Waals surface area contributed by atoms with E-state index in [-0.39, 0.29) is 34.9 Å². The number of carbonyl (C=O) groups excluding carboxylic acids is 7. The molecule has 13 rings (SSSR count). The Morgan fingerprint density at radius 3 is 2.17 bits per heavy atom. The molecule has 512 valence electrons. The van der Waals surface area contributed by atoms with Gasteiger partial charge in [-0.15, -0.1) is 11.8 Å². The van der Waals surface area contributed by atoms with Crippen LogP contribution in [0, 0.1) is 0 Å². The third kappa shape index (κ3) is 13.3. The second-order valence-corrected chi connectivity index (χ2v) is 31.1. The Morgan fingerprint density at radius 2 is 1.46 bits per heavy atom. The number of halogens is 1. The smallest absolute Gasteiger partial charge is 0.261 e. The first-order valence-electron chi connectivity index (χ1n) is 32.0. The van der Waals surface area contributed by atoms with Crippen molar-refractivity contribution < 1.29 is 80.1 Å². The number of aromatic nitrogens is 1. The standard InChI is InChI=1S/C34H46N8O11S.C31H29ClN2O6S2/c1-14-26(46)40-24(16(3)44)30(50)38-21-12-54-32-23(18-7-5-6-8-19(18)39-32)25(31(51)37-20(28(48)35-14)10-34(4,53)13-43)41-27(47)15(2)36-29(49)22-9-17(45)11-42(22)33(21)52;32-41(35,36)20-9-10-21(26(17-20)42(37,38)39)27-24-15-18-5-1-11-33-13-3-7-22(28(18)33)30(24)40-31-23-8-4-14-34-12-2-6-19(29(23)34)16-25(27)31/h5-8,14-17,20-22,24-25,39,43-45,53H,9-13H2,1-4H3,(H,35,48)(H,36,49)(H,37,51)(H,38,50)(H,40,46)(H,41,47);9-10,15-17H,1-8,11-14H2/t14-,15-,16+,17-,20-,21+,22-,24-,25-,34+;/m0./s1. The van der Waals surface area contributed by atoms with Gasteiger partial charge < -0.3 is 76.4 Å². The van der Waals surface area contributed by atoms with Gasteiger partial charge in [-0.25, -0.2) is 21.4 Å². The van der Waals surface area contributed by atoms with Gasteiger partial charge in [0.1, 0.15) is 77.0 Å². The quantitative estimate of drug-likeness (QED) is 0.0537. The van der Waals surface area contributed by atoms with Crippen LogP contribution in [0.15, 0.2) is 69.4 Å². The minimum atomic E-state index is -5.08. The number of carbonyl (C=O) groups is 7. The molecular formula is C65H75ClN10O17S3. The largest absolute Gasteiger partial charge is 0.744 e. The van der Waals surface area contributed by atoms with Crippen LogP contribution in [0.3, 0.4) is 0 Å². The van der Waals surface area contributed by atoms with Gasteiger partial charge in [-0.05, 0) is 102 Å². The van der Waals surface area contributed by atoms with Crippen LogP contribution in [0.25, 0.3) is 16.5 Å². The molecule has 1 fully saturated rings. The third-order valence-corrected chi connectivity index (χ3v) is 22.4. The lowest BCUT2D eigenvalue weighted by atomic mass is 9.82. The number of benzene rings is 4. The number of amides is 7. The molecule has 1 aromatic heterocycles. The number of thioether (sulfide) groups is 1. The molecule has 7 amide bonds. The number of rotatable bonds is 7. The second kappa shape index (κ2) is 26.6. The van der Waals surface area contributed by atoms with Crippen molar-refractivity contribution >= 4 is 105 Å².